The largest absolute Gasteiger partial charge is 0.311 e. The predicted molar refractivity (Wildman–Crippen MR) is 66.1 cm³/mol. The maximum atomic E-state index is 3.57. The molecule has 1 N–H and O–H groups in total. The van der Waals surface area contributed by atoms with Gasteiger partial charge in [-0.15, -0.1) is 0 Å². The Morgan fingerprint density at radius 1 is 1.50 bits per heavy atom. The van der Waals surface area contributed by atoms with Crippen LogP contribution in [0.25, 0.3) is 0 Å². The smallest absolute Gasteiger partial charge is 0.0221 e. The van der Waals surface area contributed by atoms with Gasteiger partial charge < -0.3 is 5.32 Å². The molecule has 0 aromatic heterocycles. The van der Waals surface area contributed by atoms with Gasteiger partial charge >= 0.3 is 0 Å². The average Bonchev–Trinajstić information content (AvgIpc) is 2.18. The Hall–Kier alpha value is 0.270. The number of nitrogens with zero attached hydrogens (tertiary/aromatic N) is 1. The van der Waals surface area contributed by atoms with Crippen LogP contribution in [0, 0.1) is 0 Å². The minimum absolute atomic E-state index is 0.671. The van der Waals surface area contributed by atoms with E-state index in [2.05, 4.69) is 30.3 Å². The van der Waals surface area contributed by atoms with E-state index in [4.69, 9.17) is 0 Å². The van der Waals surface area contributed by atoms with Crippen molar-refractivity contribution in [1.82, 2.24) is 10.2 Å². The molecule has 0 aliphatic carbocycles. The highest BCUT2D eigenvalue weighted by Crippen LogP contribution is 2.12. The van der Waals surface area contributed by atoms with Crippen LogP contribution in [0.1, 0.15) is 26.7 Å². The second-order valence-corrected chi connectivity index (χ2v) is 5.23. The van der Waals surface area contributed by atoms with Gasteiger partial charge in [-0.1, -0.05) is 13.3 Å². The van der Waals surface area contributed by atoms with Crippen LogP contribution in [0.5, 0.6) is 0 Å². The molecule has 1 aliphatic rings. The van der Waals surface area contributed by atoms with Crippen molar-refractivity contribution in [3.63, 3.8) is 0 Å². The van der Waals surface area contributed by atoms with Crippen molar-refractivity contribution < 1.29 is 0 Å². The Bertz CT molecular complexity index is 152. The van der Waals surface area contributed by atoms with Gasteiger partial charge in [-0.25, -0.2) is 0 Å². The standard InChI is InChI=1S/C11H24N2S/c1-4-5-11-8-12-10(2)9-13(11)6-7-14-3/h10-12H,4-9H2,1-3H3. The summed E-state index contributed by atoms with van der Waals surface area (Å²) in [6.45, 7) is 8.24. The average molecular weight is 216 g/mol. The van der Waals surface area contributed by atoms with Crippen molar-refractivity contribution in [2.45, 2.75) is 38.8 Å². The maximum absolute atomic E-state index is 3.57. The Labute approximate surface area is 92.8 Å². The van der Waals surface area contributed by atoms with Crippen LogP contribution >= 0.6 is 11.8 Å². The van der Waals surface area contributed by atoms with E-state index in [1.807, 2.05) is 11.8 Å². The van der Waals surface area contributed by atoms with Crippen LogP contribution < -0.4 is 5.32 Å². The number of piperazine rings is 1. The normalized spacial score (nSPS) is 29.4. The van der Waals surface area contributed by atoms with E-state index < -0.39 is 0 Å². The van der Waals surface area contributed by atoms with Gasteiger partial charge in [0.2, 0.25) is 0 Å². The lowest BCUT2D eigenvalue weighted by molar-refractivity contribution is 0.136. The summed E-state index contributed by atoms with van der Waals surface area (Å²) < 4.78 is 0. The van der Waals surface area contributed by atoms with Gasteiger partial charge in [0.15, 0.2) is 0 Å². The van der Waals surface area contributed by atoms with Crippen molar-refractivity contribution in [3.05, 3.63) is 0 Å². The summed E-state index contributed by atoms with van der Waals surface area (Å²) in [4.78, 5) is 2.67. The summed E-state index contributed by atoms with van der Waals surface area (Å²) >= 11 is 1.95. The van der Waals surface area contributed by atoms with Crippen molar-refractivity contribution in [2.75, 3.05) is 31.6 Å². The molecule has 0 saturated carbocycles. The van der Waals surface area contributed by atoms with Crippen LogP contribution in [0.4, 0.5) is 0 Å². The first-order valence-electron chi connectivity index (χ1n) is 5.74. The molecule has 0 spiro atoms. The fourth-order valence-corrected chi connectivity index (χ4v) is 2.55. The van der Waals surface area contributed by atoms with E-state index in [1.165, 1.54) is 38.2 Å². The molecule has 1 saturated heterocycles. The van der Waals surface area contributed by atoms with E-state index in [9.17, 15) is 0 Å². The number of hydrogen-bond acceptors (Lipinski definition) is 3. The van der Waals surface area contributed by atoms with Crippen molar-refractivity contribution in [3.8, 4) is 0 Å². The van der Waals surface area contributed by atoms with Gasteiger partial charge in [0.1, 0.15) is 0 Å². The van der Waals surface area contributed by atoms with E-state index in [0.717, 1.165) is 6.04 Å². The molecule has 1 heterocycles. The van der Waals surface area contributed by atoms with Gasteiger partial charge in [0.25, 0.3) is 0 Å². The Balaban J connectivity index is 2.37. The highest BCUT2D eigenvalue weighted by Gasteiger charge is 2.24. The van der Waals surface area contributed by atoms with Crippen molar-refractivity contribution >= 4 is 11.8 Å². The number of nitrogens with one attached hydrogen (secondary N) is 1. The maximum Gasteiger partial charge on any atom is 0.0221 e. The molecular weight excluding hydrogens is 192 g/mol. The second kappa shape index (κ2) is 6.70. The zero-order chi connectivity index (χ0) is 10.4. The van der Waals surface area contributed by atoms with E-state index in [-0.39, 0.29) is 0 Å². The minimum Gasteiger partial charge on any atom is -0.311 e. The molecule has 0 aromatic carbocycles. The first kappa shape index (κ1) is 12.3. The van der Waals surface area contributed by atoms with Crippen LogP contribution in [0.15, 0.2) is 0 Å². The third-order valence-electron chi connectivity index (χ3n) is 2.93. The molecule has 1 fully saturated rings. The number of hydrogen-bond donors (Lipinski definition) is 1. The van der Waals surface area contributed by atoms with Crippen LogP contribution in [0.2, 0.25) is 0 Å². The highest BCUT2D eigenvalue weighted by molar-refractivity contribution is 7.98. The van der Waals surface area contributed by atoms with Gasteiger partial charge in [0.05, 0.1) is 0 Å². The van der Waals surface area contributed by atoms with Gasteiger partial charge in [-0.2, -0.15) is 11.8 Å². The molecule has 2 atom stereocenters. The van der Waals surface area contributed by atoms with Gasteiger partial charge in [-0.3, -0.25) is 4.90 Å². The van der Waals surface area contributed by atoms with Crippen LogP contribution in [-0.4, -0.2) is 48.6 Å². The summed E-state index contributed by atoms with van der Waals surface area (Å²) in [5.74, 6) is 1.27. The molecule has 2 unspecified atom stereocenters. The third kappa shape index (κ3) is 3.79. The predicted octanol–water partition coefficient (Wildman–Crippen LogP) is 1.81. The Kier molecular flexibility index (Phi) is 5.90. The SMILES string of the molecule is CCCC1CNC(C)CN1CCSC. The molecular formula is C11H24N2S. The van der Waals surface area contributed by atoms with Crippen LogP contribution in [-0.2, 0) is 0 Å². The van der Waals surface area contributed by atoms with Crippen molar-refractivity contribution in [2.24, 2.45) is 0 Å². The zero-order valence-electron chi connectivity index (χ0n) is 9.75. The summed E-state index contributed by atoms with van der Waals surface area (Å²) in [5, 5.41) is 3.57. The van der Waals surface area contributed by atoms with E-state index in [0.29, 0.717) is 6.04 Å². The fourth-order valence-electron chi connectivity index (χ4n) is 2.13. The Morgan fingerprint density at radius 2 is 2.29 bits per heavy atom. The van der Waals surface area contributed by atoms with Crippen LogP contribution in [0.3, 0.4) is 0 Å². The molecule has 1 aliphatic heterocycles. The minimum atomic E-state index is 0.671. The molecule has 1 rings (SSSR count). The Morgan fingerprint density at radius 3 is 2.93 bits per heavy atom. The first-order valence-corrected chi connectivity index (χ1v) is 7.13. The lowest BCUT2D eigenvalue weighted by atomic mass is 10.1. The molecule has 14 heavy (non-hydrogen) atoms. The molecule has 0 aromatic rings. The quantitative estimate of drug-likeness (QED) is 0.754. The molecule has 2 nitrogen and oxygen atoms in total. The topological polar surface area (TPSA) is 15.3 Å². The van der Waals surface area contributed by atoms with Gasteiger partial charge in [0, 0.05) is 37.5 Å². The lowest BCUT2D eigenvalue weighted by Crippen LogP contribution is -2.55. The van der Waals surface area contributed by atoms with Crippen molar-refractivity contribution in [1.29, 1.82) is 0 Å². The zero-order valence-corrected chi connectivity index (χ0v) is 10.6. The molecule has 3 heteroatoms. The second-order valence-electron chi connectivity index (χ2n) is 4.24. The van der Waals surface area contributed by atoms with Gasteiger partial charge in [-0.05, 0) is 19.6 Å². The van der Waals surface area contributed by atoms with E-state index >= 15 is 0 Å². The summed E-state index contributed by atoms with van der Waals surface area (Å²) in [7, 11) is 0. The van der Waals surface area contributed by atoms with E-state index in [1.54, 1.807) is 0 Å². The first-order chi connectivity index (χ1) is 6.77. The third-order valence-corrected chi connectivity index (χ3v) is 3.52. The summed E-state index contributed by atoms with van der Waals surface area (Å²) in [6, 6.07) is 1.45. The molecule has 84 valence electrons. The fraction of sp³-hybridized carbons (Fsp3) is 1.00. The highest BCUT2D eigenvalue weighted by atomic mass is 32.2. The lowest BCUT2D eigenvalue weighted by Gasteiger charge is -2.39. The number of thioether (sulfide) groups is 1. The summed E-state index contributed by atoms with van der Waals surface area (Å²) in [5.41, 5.74) is 0. The molecule has 0 amide bonds. The summed E-state index contributed by atoms with van der Waals surface area (Å²) in [6.07, 6.45) is 4.84. The monoisotopic (exact) mass is 216 g/mol. The molecule has 0 radical (unpaired) electrons. The number of rotatable bonds is 5. The molecule has 0 bridgehead atoms.